The van der Waals surface area contributed by atoms with Crippen LogP contribution in [0.5, 0.6) is 0 Å². The lowest BCUT2D eigenvalue weighted by Gasteiger charge is -2.30. The van der Waals surface area contributed by atoms with Crippen LogP contribution in [0.2, 0.25) is 0 Å². The van der Waals surface area contributed by atoms with Gasteiger partial charge in [-0.1, -0.05) is 122 Å². The van der Waals surface area contributed by atoms with Crippen molar-refractivity contribution in [3.63, 3.8) is 0 Å². The molecular weight excluding hydrogens is 506 g/mol. The summed E-state index contributed by atoms with van der Waals surface area (Å²) in [4.78, 5) is 2.44. The molecule has 0 saturated carbocycles. The van der Waals surface area contributed by atoms with Crippen LogP contribution >= 0.6 is 0 Å². The Morgan fingerprint density at radius 2 is 0.881 bits per heavy atom. The van der Waals surface area contributed by atoms with Crippen LogP contribution in [0.15, 0.2) is 127 Å². The SMILES string of the molecule is Cc1ccc(N(c2ccc(C)cc2)c2cc3c(c4ccccc24)-c2c(c4ccccc4c4ccccc24)C3(C)C)cc1. The summed E-state index contributed by atoms with van der Waals surface area (Å²) in [5.41, 5.74) is 11.5. The van der Waals surface area contributed by atoms with E-state index in [9.17, 15) is 0 Å². The number of hydrogen-bond acceptors (Lipinski definition) is 1. The molecule has 0 radical (unpaired) electrons. The highest BCUT2D eigenvalue weighted by atomic mass is 15.1. The summed E-state index contributed by atoms with van der Waals surface area (Å²) in [5.74, 6) is 0. The number of fused-ring (bicyclic) bond motifs is 10. The van der Waals surface area contributed by atoms with Gasteiger partial charge in [-0.15, -0.1) is 0 Å². The van der Waals surface area contributed by atoms with Crippen molar-refractivity contribution < 1.29 is 0 Å². The summed E-state index contributed by atoms with van der Waals surface area (Å²) in [6.07, 6.45) is 0. The van der Waals surface area contributed by atoms with Crippen molar-refractivity contribution in [2.75, 3.05) is 4.90 Å². The summed E-state index contributed by atoms with van der Waals surface area (Å²) in [6.45, 7) is 9.14. The number of aryl methyl sites for hydroxylation is 2. The zero-order valence-electron chi connectivity index (χ0n) is 24.6. The van der Waals surface area contributed by atoms with Gasteiger partial charge in [0.15, 0.2) is 0 Å². The van der Waals surface area contributed by atoms with Crippen molar-refractivity contribution in [1.29, 1.82) is 0 Å². The molecule has 1 aliphatic rings. The van der Waals surface area contributed by atoms with Crippen molar-refractivity contribution in [2.45, 2.75) is 33.1 Å². The zero-order valence-corrected chi connectivity index (χ0v) is 24.6. The van der Waals surface area contributed by atoms with Crippen LogP contribution in [0, 0.1) is 13.8 Å². The van der Waals surface area contributed by atoms with Crippen molar-refractivity contribution in [2.24, 2.45) is 0 Å². The average molecular weight is 540 g/mol. The molecule has 0 saturated heterocycles. The molecule has 0 amide bonds. The fourth-order valence-corrected chi connectivity index (χ4v) is 7.30. The van der Waals surface area contributed by atoms with Crippen LogP contribution < -0.4 is 4.90 Å². The number of anilines is 3. The first-order valence-electron chi connectivity index (χ1n) is 14.9. The Morgan fingerprint density at radius 3 is 1.43 bits per heavy atom. The Morgan fingerprint density at radius 1 is 0.452 bits per heavy atom. The molecule has 1 heteroatoms. The third-order valence-electron chi connectivity index (χ3n) is 9.33. The maximum atomic E-state index is 2.49. The predicted octanol–water partition coefficient (Wildman–Crippen LogP) is 11.5. The molecule has 0 bridgehead atoms. The molecular formula is C41H33N. The van der Waals surface area contributed by atoms with Gasteiger partial charge in [-0.3, -0.25) is 0 Å². The van der Waals surface area contributed by atoms with Crippen LogP contribution in [0.25, 0.3) is 43.4 Å². The van der Waals surface area contributed by atoms with E-state index >= 15 is 0 Å². The summed E-state index contributed by atoms with van der Waals surface area (Å²) in [7, 11) is 0. The van der Waals surface area contributed by atoms with E-state index in [0.29, 0.717) is 0 Å². The quantitative estimate of drug-likeness (QED) is 0.202. The molecule has 0 aromatic heterocycles. The lowest BCUT2D eigenvalue weighted by Crippen LogP contribution is -2.17. The molecule has 7 aromatic carbocycles. The minimum absolute atomic E-state index is 0.181. The Kier molecular flexibility index (Phi) is 5.37. The first-order valence-corrected chi connectivity index (χ1v) is 14.9. The van der Waals surface area contributed by atoms with E-state index in [4.69, 9.17) is 0 Å². The Balaban J connectivity index is 1.51. The molecule has 0 atom stereocenters. The molecule has 8 rings (SSSR count). The molecule has 1 aliphatic carbocycles. The summed E-state index contributed by atoms with van der Waals surface area (Å²) >= 11 is 0. The number of rotatable bonds is 3. The van der Waals surface area contributed by atoms with Gasteiger partial charge in [-0.2, -0.15) is 0 Å². The third kappa shape index (κ3) is 3.50. The first-order chi connectivity index (χ1) is 20.4. The zero-order chi connectivity index (χ0) is 28.6. The lowest BCUT2D eigenvalue weighted by atomic mass is 9.79. The second-order valence-corrected chi connectivity index (χ2v) is 12.3. The van der Waals surface area contributed by atoms with Crippen LogP contribution in [0.3, 0.4) is 0 Å². The second kappa shape index (κ2) is 9.06. The Hall–Kier alpha value is -4.88. The largest absolute Gasteiger partial charge is 0.310 e. The predicted molar refractivity (Wildman–Crippen MR) is 181 cm³/mol. The van der Waals surface area contributed by atoms with Crippen molar-refractivity contribution in [3.05, 3.63) is 150 Å². The van der Waals surface area contributed by atoms with E-state index in [1.807, 2.05) is 0 Å². The van der Waals surface area contributed by atoms with Crippen LogP contribution in [-0.2, 0) is 5.41 Å². The third-order valence-corrected chi connectivity index (χ3v) is 9.33. The topological polar surface area (TPSA) is 3.24 Å². The van der Waals surface area contributed by atoms with Crippen LogP contribution in [0.4, 0.5) is 17.1 Å². The number of nitrogens with zero attached hydrogens (tertiary/aromatic N) is 1. The highest BCUT2D eigenvalue weighted by molar-refractivity contribution is 6.22. The van der Waals surface area contributed by atoms with Crippen molar-refractivity contribution >= 4 is 49.4 Å². The fourth-order valence-electron chi connectivity index (χ4n) is 7.30. The summed E-state index contributed by atoms with van der Waals surface area (Å²) in [6, 6.07) is 47.3. The van der Waals surface area contributed by atoms with Gasteiger partial charge >= 0.3 is 0 Å². The van der Waals surface area contributed by atoms with Gasteiger partial charge in [-0.05, 0) is 93.4 Å². The summed E-state index contributed by atoms with van der Waals surface area (Å²) in [5, 5.41) is 7.92. The van der Waals surface area contributed by atoms with Crippen molar-refractivity contribution in [3.8, 4) is 11.1 Å². The Bertz CT molecular complexity index is 2120. The molecule has 0 heterocycles. The lowest BCUT2D eigenvalue weighted by molar-refractivity contribution is 0.667. The normalized spacial score (nSPS) is 13.4. The van der Waals surface area contributed by atoms with E-state index < -0.39 is 0 Å². The molecule has 0 fully saturated rings. The fraction of sp³-hybridized carbons (Fsp3) is 0.122. The molecule has 0 aliphatic heterocycles. The highest BCUT2D eigenvalue weighted by Gasteiger charge is 2.40. The van der Waals surface area contributed by atoms with E-state index in [1.165, 1.54) is 82.8 Å². The van der Waals surface area contributed by atoms with E-state index in [-0.39, 0.29) is 5.41 Å². The maximum Gasteiger partial charge on any atom is 0.0543 e. The van der Waals surface area contributed by atoms with E-state index in [2.05, 4.69) is 160 Å². The molecule has 0 unspecified atom stereocenters. The minimum atomic E-state index is -0.181. The molecule has 202 valence electrons. The molecule has 0 spiro atoms. The van der Waals surface area contributed by atoms with Gasteiger partial charge in [0.2, 0.25) is 0 Å². The molecule has 7 aromatic rings. The Labute approximate surface area is 247 Å². The molecule has 42 heavy (non-hydrogen) atoms. The first kappa shape index (κ1) is 24.9. The van der Waals surface area contributed by atoms with Crippen molar-refractivity contribution in [1.82, 2.24) is 0 Å². The van der Waals surface area contributed by atoms with Gasteiger partial charge in [0, 0.05) is 22.2 Å². The van der Waals surface area contributed by atoms with Gasteiger partial charge < -0.3 is 4.90 Å². The van der Waals surface area contributed by atoms with Gasteiger partial charge in [0.05, 0.1) is 5.69 Å². The number of benzene rings is 7. The summed E-state index contributed by atoms with van der Waals surface area (Å²) < 4.78 is 0. The maximum absolute atomic E-state index is 2.49. The van der Waals surface area contributed by atoms with E-state index in [1.54, 1.807) is 0 Å². The smallest absolute Gasteiger partial charge is 0.0543 e. The molecule has 1 nitrogen and oxygen atoms in total. The highest BCUT2D eigenvalue weighted by Crippen LogP contribution is 2.58. The van der Waals surface area contributed by atoms with Gasteiger partial charge in [-0.25, -0.2) is 0 Å². The average Bonchev–Trinajstić information content (AvgIpc) is 3.26. The number of hydrogen-bond donors (Lipinski definition) is 0. The van der Waals surface area contributed by atoms with Crippen LogP contribution in [-0.4, -0.2) is 0 Å². The van der Waals surface area contributed by atoms with E-state index in [0.717, 1.165) is 0 Å². The minimum Gasteiger partial charge on any atom is -0.310 e. The molecule has 0 N–H and O–H groups in total. The van der Waals surface area contributed by atoms with Crippen LogP contribution in [0.1, 0.15) is 36.1 Å². The van der Waals surface area contributed by atoms with Gasteiger partial charge in [0.1, 0.15) is 0 Å². The standard InChI is InChI=1S/C41H33N/c1-26-17-21-28(22-18-26)42(29-23-19-27(2)20-24-29)37-25-36-38(34-15-9-7-13-32(34)37)39-33-14-8-5-11-30(33)31-12-6-10-16-35(31)40(39)41(36,3)4/h5-25H,1-4H3. The second-order valence-electron chi connectivity index (χ2n) is 12.3. The van der Waals surface area contributed by atoms with Gasteiger partial charge in [0.25, 0.3) is 0 Å². The monoisotopic (exact) mass is 539 g/mol.